The smallest absolute Gasteiger partial charge is 0.188 e. The van der Waals surface area contributed by atoms with E-state index < -0.39 is 0 Å². The number of nitrogens with zero attached hydrogens (tertiary/aromatic N) is 2. The number of guanidine groups is 1. The summed E-state index contributed by atoms with van der Waals surface area (Å²) in [5.74, 6) is 1.08. The molecule has 2 fully saturated rings. The summed E-state index contributed by atoms with van der Waals surface area (Å²) in [7, 11) is 0. The summed E-state index contributed by atoms with van der Waals surface area (Å²) in [6.45, 7) is 5.83. The van der Waals surface area contributed by atoms with Crippen LogP contribution in [-0.4, -0.2) is 48.5 Å². The van der Waals surface area contributed by atoms with E-state index in [1.807, 2.05) is 4.90 Å². The predicted molar refractivity (Wildman–Crippen MR) is 61.9 cm³/mol. The summed E-state index contributed by atoms with van der Waals surface area (Å²) >= 11 is 0. The lowest BCUT2D eigenvalue weighted by Crippen LogP contribution is -2.44. The molecule has 0 atom stereocenters. The van der Waals surface area contributed by atoms with Gasteiger partial charge in [-0.05, 0) is 44.7 Å². The Balaban J connectivity index is 1.71. The van der Waals surface area contributed by atoms with Crippen molar-refractivity contribution >= 4 is 5.96 Å². The molecule has 0 spiro atoms. The Kier molecular flexibility index (Phi) is 3.46. The Labute approximate surface area is 91.9 Å². The summed E-state index contributed by atoms with van der Waals surface area (Å²) in [4.78, 5) is 4.58. The summed E-state index contributed by atoms with van der Waals surface area (Å²) in [5.41, 5.74) is 5.48. The van der Waals surface area contributed by atoms with E-state index in [2.05, 4.69) is 4.90 Å². The van der Waals surface area contributed by atoms with Crippen LogP contribution < -0.4 is 5.73 Å². The summed E-state index contributed by atoms with van der Waals surface area (Å²) < 4.78 is 0. The van der Waals surface area contributed by atoms with Crippen molar-refractivity contribution < 1.29 is 0 Å². The van der Waals surface area contributed by atoms with Crippen LogP contribution in [0.15, 0.2) is 0 Å². The van der Waals surface area contributed by atoms with Gasteiger partial charge in [-0.2, -0.15) is 0 Å². The first kappa shape index (κ1) is 10.7. The van der Waals surface area contributed by atoms with Gasteiger partial charge < -0.3 is 15.5 Å². The molecule has 2 aliphatic heterocycles. The predicted octanol–water partition coefficient (Wildman–Crippen LogP) is 0.688. The molecule has 2 saturated heterocycles. The van der Waals surface area contributed by atoms with Crippen LogP contribution in [0.4, 0.5) is 0 Å². The number of hydrogen-bond acceptors (Lipinski definition) is 2. The molecule has 2 heterocycles. The maximum absolute atomic E-state index is 7.37. The van der Waals surface area contributed by atoms with E-state index in [0.29, 0.717) is 0 Å². The van der Waals surface area contributed by atoms with Crippen LogP contribution in [0.3, 0.4) is 0 Å². The van der Waals surface area contributed by atoms with E-state index in [1.165, 1.54) is 45.3 Å². The lowest BCUT2D eigenvalue weighted by atomic mass is 9.96. The second-order valence-corrected chi connectivity index (χ2v) is 4.82. The lowest BCUT2D eigenvalue weighted by Gasteiger charge is -2.33. The zero-order chi connectivity index (χ0) is 10.7. The third kappa shape index (κ3) is 2.84. The second kappa shape index (κ2) is 4.84. The van der Waals surface area contributed by atoms with Crippen LogP contribution in [0, 0.1) is 11.3 Å². The maximum atomic E-state index is 7.37. The molecule has 3 N–H and O–H groups in total. The molecular weight excluding hydrogens is 188 g/mol. The van der Waals surface area contributed by atoms with E-state index in [9.17, 15) is 0 Å². The third-order valence-electron chi connectivity index (χ3n) is 3.67. The van der Waals surface area contributed by atoms with Crippen LogP contribution in [0.5, 0.6) is 0 Å². The molecule has 86 valence electrons. The molecule has 2 aliphatic rings. The van der Waals surface area contributed by atoms with Gasteiger partial charge in [-0.1, -0.05) is 0 Å². The number of likely N-dealkylation sites (tertiary alicyclic amines) is 2. The Bertz CT molecular complexity index is 215. The van der Waals surface area contributed by atoms with E-state index in [0.717, 1.165) is 19.0 Å². The van der Waals surface area contributed by atoms with Crippen molar-refractivity contribution in [3.63, 3.8) is 0 Å². The molecular formula is C11H22N4. The minimum absolute atomic E-state index is 0.245. The Morgan fingerprint density at radius 1 is 1.13 bits per heavy atom. The van der Waals surface area contributed by atoms with Crippen molar-refractivity contribution in [3.05, 3.63) is 0 Å². The highest BCUT2D eigenvalue weighted by Crippen LogP contribution is 2.20. The number of rotatable bonds is 2. The van der Waals surface area contributed by atoms with Crippen LogP contribution in [0.25, 0.3) is 0 Å². The second-order valence-electron chi connectivity index (χ2n) is 4.82. The van der Waals surface area contributed by atoms with Gasteiger partial charge in [0.1, 0.15) is 0 Å². The summed E-state index contributed by atoms with van der Waals surface area (Å²) in [5, 5.41) is 7.37. The number of hydrogen-bond donors (Lipinski definition) is 2. The van der Waals surface area contributed by atoms with Gasteiger partial charge >= 0.3 is 0 Å². The summed E-state index contributed by atoms with van der Waals surface area (Å²) in [6.07, 6.45) is 5.17. The van der Waals surface area contributed by atoms with Gasteiger partial charge in [0.25, 0.3) is 0 Å². The Morgan fingerprint density at radius 2 is 1.73 bits per heavy atom. The van der Waals surface area contributed by atoms with Crippen LogP contribution in [-0.2, 0) is 0 Å². The Morgan fingerprint density at radius 3 is 2.27 bits per heavy atom. The average molecular weight is 210 g/mol. The van der Waals surface area contributed by atoms with Crippen LogP contribution >= 0.6 is 0 Å². The molecule has 15 heavy (non-hydrogen) atoms. The van der Waals surface area contributed by atoms with E-state index in [1.54, 1.807) is 0 Å². The molecule has 0 saturated carbocycles. The molecule has 0 aromatic rings. The number of piperidine rings is 1. The van der Waals surface area contributed by atoms with Crippen molar-refractivity contribution in [1.82, 2.24) is 9.80 Å². The quantitative estimate of drug-likeness (QED) is 0.521. The first-order valence-electron chi connectivity index (χ1n) is 6.07. The van der Waals surface area contributed by atoms with Gasteiger partial charge in [0.2, 0.25) is 0 Å². The molecule has 0 radical (unpaired) electrons. The van der Waals surface area contributed by atoms with Crippen LogP contribution in [0.2, 0.25) is 0 Å². The molecule has 0 aromatic carbocycles. The van der Waals surface area contributed by atoms with E-state index >= 15 is 0 Å². The fourth-order valence-electron chi connectivity index (χ4n) is 2.69. The molecule has 0 aliphatic carbocycles. The molecule has 0 bridgehead atoms. The van der Waals surface area contributed by atoms with Gasteiger partial charge in [0, 0.05) is 19.6 Å². The first-order chi connectivity index (χ1) is 7.25. The van der Waals surface area contributed by atoms with Gasteiger partial charge in [0.15, 0.2) is 5.96 Å². The molecule has 0 aromatic heterocycles. The highest BCUT2D eigenvalue weighted by molar-refractivity contribution is 5.74. The van der Waals surface area contributed by atoms with Crippen molar-refractivity contribution in [2.45, 2.75) is 25.7 Å². The van der Waals surface area contributed by atoms with Gasteiger partial charge in [-0.3, -0.25) is 5.41 Å². The van der Waals surface area contributed by atoms with Crippen molar-refractivity contribution in [3.8, 4) is 0 Å². The van der Waals surface area contributed by atoms with Crippen molar-refractivity contribution in [1.29, 1.82) is 5.41 Å². The highest BCUT2D eigenvalue weighted by atomic mass is 15.2. The van der Waals surface area contributed by atoms with Gasteiger partial charge in [-0.25, -0.2) is 0 Å². The van der Waals surface area contributed by atoms with Crippen molar-refractivity contribution in [2.24, 2.45) is 11.7 Å². The standard InChI is InChI=1S/C11H22N4/c12-11(13)15-7-3-10(4-8-15)9-14-5-1-2-6-14/h10H,1-9H2,(H3,12,13). The van der Waals surface area contributed by atoms with Gasteiger partial charge in [0.05, 0.1) is 0 Å². The Hall–Kier alpha value is -0.770. The maximum Gasteiger partial charge on any atom is 0.188 e. The average Bonchev–Trinajstić information content (AvgIpc) is 2.71. The van der Waals surface area contributed by atoms with E-state index in [4.69, 9.17) is 11.1 Å². The first-order valence-corrected chi connectivity index (χ1v) is 6.07. The number of nitrogens with two attached hydrogens (primary N) is 1. The third-order valence-corrected chi connectivity index (χ3v) is 3.67. The minimum Gasteiger partial charge on any atom is -0.370 e. The normalized spacial score (nSPS) is 24.7. The molecule has 4 nitrogen and oxygen atoms in total. The summed E-state index contributed by atoms with van der Waals surface area (Å²) in [6, 6.07) is 0. The monoisotopic (exact) mass is 210 g/mol. The topological polar surface area (TPSA) is 56.4 Å². The largest absolute Gasteiger partial charge is 0.370 e. The molecule has 2 rings (SSSR count). The fraction of sp³-hybridized carbons (Fsp3) is 0.909. The minimum atomic E-state index is 0.245. The molecule has 0 unspecified atom stereocenters. The fourth-order valence-corrected chi connectivity index (χ4v) is 2.69. The zero-order valence-corrected chi connectivity index (χ0v) is 9.41. The highest BCUT2D eigenvalue weighted by Gasteiger charge is 2.22. The van der Waals surface area contributed by atoms with Crippen LogP contribution in [0.1, 0.15) is 25.7 Å². The van der Waals surface area contributed by atoms with E-state index in [-0.39, 0.29) is 5.96 Å². The molecule has 4 heteroatoms. The molecule has 0 amide bonds. The SMILES string of the molecule is N=C(N)N1CCC(CN2CCCC2)CC1. The number of nitrogens with one attached hydrogen (secondary N) is 1. The van der Waals surface area contributed by atoms with Crippen molar-refractivity contribution in [2.75, 3.05) is 32.7 Å². The lowest BCUT2D eigenvalue weighted by molar-refractivity contribution is 0.199. The van der Waals surface area contributed by atoms with Gasteiger partial charge in [-0.15, -0.1) is 0 Å². The zero-order valence-electron chi connectivity index (χ0n) is 9.41.